The lowest BCUT2D eigenvalue weighted by Crippen LogP contribution is -2.33. The van der Waals surface area contributed by atoms with Crippen molar-refractivity contribution in [2.75, 3.05) is 0 Å². The molecule has 1 heterocycles. The summed E-state index contributed by atoms with van der Waals surface area (Å²) in [7, 11) is 0. The molecule has 148 valence electrons. The largest absolute Gasteiger partial charge is 0.444 e. The fraction of sp³-hybridized carbons (Fsp3) is 0.750. The quantitative estimate of drug-likeness (QED) is 0.826. The summed E-state index contributed by atoms with van der Waals surface area (Å²) in [5.74, 6) is 0.448. The van der Waals surface area contributed by atoms with E-state index in [0.717, 1.165) is 0 Å². The van der Waals surface area contributed by atoms with E-state index in [0.29, 0.717) is 0 Å². The number of rotatable bonds is 4. The highest BCUT2D eigenvalue weighted by Crippen LogP contribution is 2.07. The molecule has 10 nitrogen and oxygen atoms in total. The Morgan fingerprint density at radius 2 is 1.00 bits per heavy atom. The molecule has 1 aromatic rings. The third-order valence-electron chi connectivity index (χ3n) is 2.14. The Hall–Kier alpha value is -2.52. The average molecular weight is 370 g/mol. The van der Waals surface area contributed by atoms with E-state index in [1.165, 1.54) is 0 Å². The second-order valence-corrected chi connectivity index (χ2v) is 6.94. The molecule has 0 radical (unpaired) electrons. The van der Waals surface area contributed by atoms with Crippen LogP contribution in [0.15, 0.2) is 0 Å². The van der Waals surface area contributed by atoms with Gasteiger partial charge in [-0.3, -0.25) is 0 Å². The molecule has 10 heteroatoms. The fourth-order valence-corrected chi connectivity index (χ4v) is 1.34. The zero-order valence-electron chi connectivity index (χ0n) is 16.8. The van der Waals surface area contributed by atoms with Crippen molar-refractivity contribution >= 4 is 12.2 Å². The Kier molecular flexibility index (Phi) is 9.45. The van der Waals surface area contributed by atoms with Gasteiger partial charge < -0.3 is 20.1 Å². The third-order valence-corrected chi connectivity index (χ3v) is 2.14. The number of carbonyl (C=O) groups excluding carboxylic acids is 2. The van der Waals surface area contributed by atoms with E-state index in [2.05, 4.69) is 31.0 Å². The first-order valence-corrected chi connectivity index (χ1v) is 8.43. The van der Waals surface area contributed by atoms with Crippen molar-refractivity contribution in [2.24, 2.45) is 0 Å². The molecule has 0 bridgehead atoms. The molecule has 1 aromatic heterocycles. The monoisotopic (exact) mass is 370 g/mol. The Labute approximate surface area is 154 Å². The minimum absolute atomic E-state index is 0.0364. The molecule has 0 aliphatic carbocycles. The van der Waals surface area contributed by atoms with Crippen LogP contribution in [0.3, 0.4) is 0 Å². The molecule has 0 aliphatic heterocycles. The lowest BCUT2D eigenvalue weighted by molar-refractivity contribution is 0.0509. The van der Waals surface area contributed by atoms with Crippen molar-refractivity contribution < 1.29 is 19.1 Å². The predicted molar refractivity (Wildman–Crippen MR) is 95.1 cm³/mol. The normalized spacial score (nSPS) is 10.9. The lowest BCUT2D eigenvalue weighted by atomic mass is 10.2. The van der Waals surface area contributed by atoms with Gasteiger partial charge in [0, 0.05) is 0 Å². The summed E-state index contributed by atoms with van der Waals surface area (Å²) in [4.78, 5) is 23.0. The van der Waals surface area contributed by atoms with Gasteiger partial charge in [0.25, 0.3) is 0 Å². The van der Waals surface area contributed by atoms with Crippen LogP contribution in [0.25, 0.3) is 0 Å². The van der Waals surface area contributed by atoms with E-state index in [4.69, 9.17) is 9.47 Å². The van der Waals surface area contributed by atoms with E-state index in [-0.39, 0.29) is 24.7 Å². The van der Waals surface area contributed by atoms with Gasteiger partial charge >= 0.3 is 12.2 Å². The third kappa shape index (κ3) is 11.9. The fourth-order valence-electron chi connectivity index (χ4n) is 1.34. The van der Waals surface area contributed by atoms with Gasteiger partial charge in [-0.15, -0.1) is 20.4 Å². The first-order valence-electron chi connectivity index (χ1n) is 8.43. The number of carbonyl (C=O) groups is 2. The van der Waals surface area contributed by atoms with Gasteiger partial charge in [0.05, 0.1) is 13.1 Å². The minimum atomic E-state index is -0.585. The van der Waals surface area contributed by atoms with Crippen LogP contribution < -0.4 is 10.6 Å². The minimum Gasteiger partial charge on any atom is -0.444 e. The number of hydrogen-bond donors (Lipinski definition) is 2. The highest BCUT2D eigenvalue weighted by Gasteiger charge is 2.17. The molecule has 2 amide bonds. The van der Waals surface area contributed by atoms with Gasteiger partial charge in [0.15, 0.2) is 11.6 Å². The Morgan fingerprint density at radius 3 is 1.23 bits per heavy atom. The highest BCUT2D eigenvalue weighted by atomic mass is 16.6. The van der Waals surface area contributed by atoms with Crippen LogP contribution in [0, 0.1) is 0 Å². The molecule has 0 saturated heterocycles. The molecule has 1 rings (SSSR count). The number of ether oxygens (including phenoxy) is 2. The SMILES string of the molecule is CC.CC(C)(C)OC(=O)NCc1nnc(CNC(=O)OC(C)(C)C)nn1. The van der Waals surface area contributed by atoms with Crippen molar-refractivity contribution in [3.05, 3.63) is 11.6 Å². The van der Waals surface area contributed by atoms with Crippen molar-refractivity contribution in [3.63, 3.8) is 0 Å². The van der Waals surface area contributed by atoms with Gasteiger partial charge in [0.1, 0.15) is 11.2 Å². The summed E-state index contributed by atoms with van der Waals surface area (Å²) >= 11 is 0. The Bertz CT molecular complexity index is 513. The summed E-state index contributed by atoms with van der Waals surface area (Å²) in [5, 5.41) is 20.2. The van der Waals surface area contributed by atoms with Crippen molar-refractivity contribution in [1.82, 2.24) is 31.0 Å². The standard InChI is InChI=1S/C14H24N6O4.C2H6/c1-13(2,3)23-11(21)15-7-9-17-19-10(20-18-9)8-16-12(22)24-14(4,5)6;1-2/h7-8H2,1-6H3,(H,15,21)(H,16,22);1-2H3. The first kappa shape index (κ1) is 23.5. The summed E-state index contributed by atoms with van der Waals surface area (Å²) in [6, 6.07) is 0. The second-order valence-electron chi connectivity index (χ2n) is 6.94. The highest BCUT2D eigenvalue weighted by molar-refractivity contribution is 5.67. The van der Waals surface area contributed by atoms with Crippen LogP contribution in [0.5, 0.6) is 0 Å². The van der Waals surface area contributed by atoms with Crippen molar-refractivity contribution in [1.29, 1.82) is 0 Å². The van der Waals surface area contributed by atoms with Gasteiger partial charge in [-0.1, -0.05) is 13.8 Å². The second kappa shape index (κ2) is 10.5. The molecule has 0 unspecified atom stereocenters. The summed E-state index contributed by atoms with van der Waals surface area (Å²) < 4.78 is 10.2. The topological polar surface area (TPSA) is 128 Å². The van der Waals surface area contributed by atoms with E-state index in [1.54, 1.807) is 41.5 Å². The maximum Gasteiger partial charge on any atom is 0.408 e. The van der Waals surface area contributed by atoms with Crippen LogP contribution >= 0.6 is 0 Å². The maximum absolute atomic E-state index is 11.5. The number of nitrogens with zero attached hydrogens (tertiary/aromatic N) is 4. The molecule has 0 atom stereocenters. The smallest absolute Gasteiger partial charge is 0.408 e. The number of hydrogen-bond acceptors (Lipinski definition) is 8. The van der Waals surface area contributed by atoms with Gasteiger partial charge in [-0.25, -0.2) is 9.59 Å². The van der Waals surface area contributed by atoms with Gasteiger partial charge in [-0.2, -0.15) is 0 Å². The van der Waals surface area contributed by atoms with Crippen LogP contribution in [-0.4, -0.2) is 43.8 Å². The average Bonchev–Trinajstić information content (AvgIpc) is 2.50. The summed E-state index contributed by atoms with van der Waals surface area (Å²) in [5.41, 5.74) is -1.17. The van der Waals surface area contributed by atoms with Crippen molar-refractivity contribution in [3.8, 4) is 0 Å². The summed E-state index contributed by atoms with van der Waals surface area (Å²) in [6.07, 6.45) is -1.16. The van der Waals surface area contributed by atoms with Gasteiger partial charge in [0.2, 0.25) is 0 Å². The van der Waals surface area contributed by atoms with E-state index < -0.39 is 23.4 Å². The molecule has 26 heavy (non-hydrogen) atoms. The number of nitrogens with one attached hydrogen (secondary N) is 2. The molecule has 2 N–H and O–H groups in total. The molecule has 0 spiro atoms. The molecule has 0 aromatic carbocycles. The van der Waals surface area contributed by atoms with E-state index in [9.17, 15) is 9.59 Å². The van der Waals surface area contributed by atoms with Crippen LogP contribution in [-0.2, 0) is 22.6 Å². The maximum atomic E-state index is 11.5. The number of alkyl carbamates (subject to hydrolysis) is 2. The molecule has 0 aliphatic rings. The van der Waals surface area contributed by atoms with Crippen LogP contribution in [0.4, 0.5) is 9.59 Å². The molecule has 0 saturated carbocycles. The lowest BCUT2D eigenvalue weighted by Gasteiger charge is -2.19. The van der Waals surface area contributed by atoms with E-state index in [1.807, 2.05) is 13.8 Å². The molecular weight excluding hydrogens is 340 g/mol. The predicted octanol–water partition coefficient (Wildman–Crippen LogP) is 2.34. The first-order chi connectivity index (χ1) is 11.9. The Balaban J connectivity index is 0.00000301. The zero-order valence-corrected chi connectivity index (χ0v) is 16.8. The van der Waals surface area contributed by atoms with Crippen LogP contribution in [0.2, 0.25) is 0 Å². The van der Waals surface area contributed by atoms with Crippen LogP contribution in [0.1, 0.15) is 67.0 Å². The van der Waals surface area contributed by atoms with Crippen molar-refractivity contribution in [2.45, 2.75) is 79.7 Å². The van der Waals surface area contributed by atoms with Gasteiger partial charge in [-0.05, 0) is 41.5 Å². The molecular formula is C16H30N6O4. The molecule has 0 fully saturated rings. The number of aromatic nitrogens is 4. The zero-order chi connectivity index (χ0) is 20.4. The number of amides is 2. The summed E-state index contributed by atoms with van der Waals surface area (Å²) in [6.45, 7) is 14.6. The Morgan fingerprint density at radius 1 is 0.731 bits per heavy atom. The van der Waals surface area contributed by atoms with E-state index >= 15 is 0 Å².